The molecule has 0 bridgehead atoms. The fraction of sp³-hybridized carbons (Fsp3) is 0.600. The summed E-state index contributed by atoms with van der Waals surface area (Å²) in [5.41, 5.74) is 1.95. The van der Waals surface area contributed by atoms with Crippen molar-refractivity contribution in [3.05, 3.63) is 29.8 Å². The van der Waals surface area contributed by atoms with Crippen molar-refractivity contribution in [2.24, 2.45) is 5.92 Å². The van der Waals surface area contributed by atoms with Crippen LogP contribution in [0.25, 0.3) is 0 Å². The topological polar surface area (TPSA) is 73.5 Å². The maximum atomic E-state index is 12.7. The van der Waals surface area contributed by atoms with Crippen molar-refractivity contribution in [1.29, 1.82) is 0 Å². The van der Waals surface area contributed by atoms with Gasteiger partial charge >= 0.3 is 6.03 Å². The summed E-state index contributed by atoms with van der Waals surface area (Å²) in [6, 6.07) is 7.53. The Bertz CT molecular complexity index is 611. The first-order valence-electron chi connectivity index (χ1n) is 9.75. The smallest absolute Gasteiger partial charge is 0.319 e. The van der Waals surface area contributed by atoms with E-state index < -0.39 is 0 Å². The number of hydrogen-bond donors (Lipinski definition) is 3. The van der Waals surface area contributed by atoms with Gasteiger partial charge in [0.25, 0.3) is 0 Å². The number of urea groups is 1. The van der Waals surface area contributed by atoms with Gasteiger partial charge in [-0.2, -0.15) is 0 Å². The Morgan fingerprint density at radius 1 is 1.15 bits per heavy atom. The highest BCUT2D eigenvalue weighted by atomic mass is 16.2. The summed E-state index contributed by atoms with van der Waals surface area (Å²) < 4.78 is 0. The van der Waals surface area contributed by atoms with E-state index in [0.717, 1.165) is 63.0 Å². The third kappa shape index (κ3) is 5.21. The Morgan fingerprint density at radius 3 is 2.69 bits per heavy atom. The molecule has 1 aromatic carbocycles. The monoisotopic (exact) mass is 358 g/mol. The molecule has 2 fully saturated rings. The van der Waals surface area contributed by atoms with Gasteiger partial charge in [-0.15, -0.1) is 0 Å². The Labute approximate surface area is 155 Å². The van der Waals surface area contributed by atoms with Crippen molar-refractivity contribution in [3.63, 3.8) is 0 Å². The molecule has 0 spiro atoms. The first-order valence-corrected chi connectivity index (χ1v) is 9.75. The normalized spacial score (nSPS) is 23.3. The van der Waals surface area contributed by atoms with Crippen molar-refractivity contribution in [3.8, 4) is 0 Å². The number of likely N-dealkylation sites (tertiary alicyclic amines) is 1. The van der Waals surface area contributed by atoms with Gasteiger partial charge in [0.2, 0.25) is 5.91 Å². The van der Waals surface area contributed by atoms with Gasteiger partial charge in [0, 0.05) is 25.3 Å². The molecule has 2 atom stereocenters. The van der Waals surface area contributed by atoms with E-state index in [1.165, 1.54) is 0 Å². The van der Waals surface area contributed by atoms with Gasteiger partial charge in [-0.3, -0.25) is 4.79 Å². The lowest BCUT2D eigenvalue weighted by molar-refractivity contribution is -0.135. The van der Waals surface area contributed by atoms with Crippen LogP contribution in [0, 0.1) is 12.8 Å². The molecular weight excluding hydrogens is 328 g/mol. The van der Waals surface area contributed by atoms with Crippen LogP contribution in [0.1, 0.15) is 37.7 Å². The summed E-state index contributed by atoms with van der Waals surface area (Å²) in [6.07, 6.45) is 5.28. The number of aryl methyl sites for hydroxylation is 1. The molecule has 2 aliphatic rings. The molecule has 3 N–H and O–H groups in total. The molecule has 2 unspecified atom stereocenters. The van der Waals surface area contributed by atoms with E-state index >= 15 is 0 Å². The first kappa shape index (κ1) is 18.7. The summed E-state index contributed by atoms with van der Waals surface area (Å²) in [4.78, 5) is 26.7. The Hall–Kier alpha value is -2.08. The van der Waals surface area contributed by atoms with Crippen molar-refractivity contribution >= 4 is 17.6 Å². The zero-order valence-corrected chi connectivity index (χ0v) is 15.6. The lowest BCUT2D eigenvalue weighted by atomic mass is 9.96. The molecule has 6 heteroatoms. The molecule has 26 heavy (non-hydrogen) atoms. The van der Waals surface area contributed by atoms with Crippen molar-refractivity contribution in [2.75, 3.05) is 31.5 Å². The highest BCUT2D eigenvalue weighted by Crippen LogP contribution is 2.19. The van der Waals surface area contributed by atoms with Crippen LogP contribution in [0.3, 0.4) is 0 Å². The molecule has 2 aliphatic heterocycles. The minimum atomic E-state index is -0.189. The molecule has 6 nitrogen and oxygen atoms in total. The highest BCUT2D eigenvalue weighted by molar-refractivity contribution is 5.89. The molecule has 2 saturated heterocycles. The predicted octanol–water partition coefficient (Wildman–Crippen LogP) is 2.50. The number of carbonyl (C=O) groups is 2. The number of nitrogens with one attached hydrogen (secondary N) is 3. The standard InChI is InChI=1S/C20H30N4O2/c1-15-7-9-17(10-8-15)23-20(26)22-13-16-5-4-12-24(14-16)19(25)18-6-2-3-11-21-18/h7-10,16,18,21H,2-6,11-14H2,1H3,(H2,22,23,26). The summed E-state index contributed by atoms with van der Waals surface area (Å²) in [5, 5.41) is 9.15. The minimum absolute atomic E-state index is 0.0136. The van der Waals surface area contributed by atoms with Gasteiger partial charge in [-0.1, -0.05) is 24.1 Å². The number of rotatable bonds is 4. The van der Waals surface area contributed by atoms with Crippen LogP contribution in [-0.2, 0) is 4.79 Å². The molecule has 0 aliphatic carbocycles. The van der Waals surface area contributed by atoms with Crippen LogP contribution in [0.2, 0.25) is 0 Å². The number of benzene rings is 1. The number of carbonyl (C=O) groups excluding carboxylic acids is 2. The van der Waals surface area contributed by atoms with Gasteiger partial charge in [-0.05, 0) is 57.2 Å². The minimum Gasteiger partial charge on any atom is -0.341 e. The molecule has 0 saturated carbocycles. The maximum absolute atomic E-state index is 12.7. The summed E-state index contributed by atoms with van der Waals surface area (Å²) >= 11 is 0. The van der Waals surface area contributed by atoms with Gasteiger partial charge in [-0.25, -0.2) is 4.79 Å². The van der Waals surface area contributed by atoms with Crippen LogP contribution in [0.4, 0.5) is 10.5 Å². The zero-order chi connectivity index (χ0) is 18.4. The number of hydrogen-bond acceptors (Lipinski definition) is 3. The van der Waals surface area contributed by atoms with Gasteiger partial charge < -0.3 is 20.9 Å². The Kier molecular flexibility index (Phi) is 6.50. The molecule has 1 aromatic rings. The molecular formula is C20H30N4O2. The second-order valence-corrected chi connectivity index (χ2v) is 7.50. The first-order chi connectivity index (χ1) is 12.6. The molecule has 3 amide bonds. The van der Waals surface area contributed by atoms with Crippen LogP contribution in [0.5, 0.6) is 0 Å². The molecule has 0 radical (unpaired) electrons. The van der Waals surface area contributed by atoms with Crippen LogP contribution >= 0.6 is 0 Å². The number of piperidine rings is 2. The molecule has 3 rings (SSSR count). The van der Waals surface area contributed by atoms with E-state index in [9.17, 15) is 9.59 Å². The third-order valence-corrected chi connectivity index (χ3v) is 5.30. The second kappa shape index (κ2) is 9.03. The fourth-order valence-corrected chi connectivity index (χ4v) is 3.76. The summed E-state index contributed by atoms with van der Waals surface area (Å²) in [6.45, 7) is 5.13. The summed E-state index contributed by atoms with van der Waals surface area (Å²) in [5.74, 6) is 0.554. The average Bonchev–Trinajstić information content (AvgIpc) is 2.68. The Balaban J connectivity index is 1.43. The molecule has 2 heterocycles. The third-order valence-electron chi connectivity index (χ3n) is 5.30. The van der Waals surface area contributed by atoms with E-state index in [2.05, 4.69) is 16.0 Å². The van der Waals surface area contributed by atoms with Gasteiger partial charge in [0.05, 0.1) is 6.04 Å². The van der Waals surface area contributed by atoms with Gasteiger partial charge in [0.1, 0.15) is 0 Å². The Morgan fingerprint density at radius 2 is 1.96 bits per heavy atom. The predicted molar refractivity (Wildman–Crippen MR) is 103 cm³/mol. The van der Waals surface area contributed by atoms with E-state index in [-0.39, 0.29) is 18.0 Å². The quantitative estimate of drug-likeness (QED) is 0.774. The van der Waals surface area contributed by atoms with E-state index in [4.69, 9.17) is 0 Å². The number of amides is 3. The molecule has 142 valence electrons. The molecule has 0 aromatic heterocycles. The van der Waals surface area contributed by atoms with E-state index in [1.54, 1.807) is 0 Å². The van der Waals surface area contributed by atoms with Crippen LogP contribution < -0.4 is 16.0 Å². The second-order valence-electron chi connectivity index (χ2n) is 7.50. The maximum Gasteiger partial charge on any atom is 0.319 e. The van der Waals surface area contributed by atoms with E-state index in [0.29, 0.717) is 12.5 Å². The zero-order valence-electron chi connectivity index (χ0n) is 15.6. The average molecular weight is 358 g/mol. The van der Waals surface area contributed by atoms with E-state index in [1.807, 2.05) is 36.1 Å². The lowest BCUT2D eigenvalue weighted by Crippen LogP contribution is -2.52. The lowest BCUT2D eigenvalue weighted by Gasteiger charge is -2.36. The number of anilines is 1. The van der Waals surface area contributed by atoms with Gasteiger partial charge in [0.15, 0.2) is 0 Å². The highest BCUT2D eigenvalue weighted by Gasteiger charge is 2.29. The fourth-order valence-electron chi connectivity index (χ4n) is 3.76. The van der Waals surface area contributed by atoms with Crippen molar-refractivity contribution in [1.82, 2.24) is 15.5 Å². The van der Waals surface area contributed by atoms with Crippen molar-refractivity contribution in [2.45, 2.75) is 45.1 Å². The van der Waals surface area contributed by atoms with Crippen molar-refractivity contribution < 1.29 is 9.59 Å². The SMILES string of the molecule is Cc1ccc(NC(=O)NCC2CCCN(C(=O)C3CCCCN3)C2)cc1. The van der Waals surface area contributed by atoms with Crippen LogP contribution in [0.15, 0.2) is 24.3 Å². The summed E-state index contributed by atoms with van der Waals surface area (Å²) in [7, 11) is 0. The number of nitrogens with zero attached hydrogens (tertiary/aromatic N) is 1. The largest absolute Gasteiger partial charge is 0.341 e. The van der Waals surface area contributed by atoms with Crippen LogP contribution in [-0.4, -0.2) is 49.1 Å².